The number of fused-ring (bicyclic) bond motifs is 5. The number of likely N-dealkylation sites (tertiary alicyclic amines) is 1. The molecular weight excluding hydrogens is 1790 g/mol. The number of carbonyl (C=O) groups is 8. The number of hydrogen-bond donors (Lipinski definition) is 16. The van der Waals surface area contributed by atoms with Crippen LogP contribution in [0.15, 0.2) is 48.5 Å². The van der Waals surface area contributed by atoms with Gasteiger partial charge in [0.05, 0.1) is 98.1 Å². The van der Waals surface area contributed by atoms with Crippen LogP contribution in [0.25, 0.3) is 22.5 Å². The Morgan fingerprint density at radius 1 is 0.489 bits per heavy atom. The maximum absolute atomic E-state index is 14.8. The Morgan fingerprint density at radius 2 is 0.904 bits per heavy atom. The highest BCUT2D eigenvalue weighted by Crippen LogP contribution is 2.42. The zero-order chi connectivity index (χ0) is 97.5. The first kappa shape index (κ1) is 113. The fourth-order valence-electron chi connectivity index (χ4n) is 16.4. The number of para-hydroxylation sites is 1. The number of ether oxygens (including phenoxy) is 11. The molecule has 45 heteroatoms. The number of amides is 8. The Bertz CT molecular complexity index is 3860. The summed E-state index contributed by atoms with van der Waals surface area (Å²) < 4.78 is 87.7. The fourth-order valence-corrected chi connectivity index (χ4v) is 16.9. The van der Waals surface area contributed by atoms with Gasteiger partial charge in [-0.15, -0.1) is 5.10 Å². The van der Waals surface area contributed by atoms with E-state index >= 15 is 0 Å². The molecule has 5 aliphatic rings. The lowest BCUT2D eigenvalue weighted by atomic mass is 9.93. The van der Waals surface area contributed by atoms with Crippen molar-refractivity contribution in [2.75, 3.05) is 164 Å². The molecule has 6 heterocycles. The number of unbranched alkanes of at least 4 members (excludes halogenated alkanes) is 13. The quantitative estimate of drug-likeness (QED) is 0.0245. The first-order valence-electron chi connectivity index (χ1n) is 47.3. The topological polar surface area (TPSA) is 600 Å². The van der Waals surface area contributed by atoms with E-state index in [0.29, 0.717) is 116 Å². The van der Waals surface area contributed by atoms with Gasteiger partial charge in [0, 0.05) is 136 Å². The van der Waals surface area contributed by atoms with Crippen molar-refractivity contribution in [2.45, 2.75) is 273 Å². The summed E-state index contributed by atoms with van der Waals surface area (Å²) in [6.07, 6.45) is -3.53. The van der Waals surface area contributed by atoms with Crippen molar-refractivity contribution in [3.63, 3.8) is 0 Å². The summed E-state index contributed by atoms with van der Waals surface area (Å²) in [4.78, 5) is 120. The normalized spacial score (nSPS) is 23.9. The van der Waals surface area contributed by atoms with E-state index in [9.17, 15) is 93.8 Å². The molecule has 135 heavy (non-hydrogen) atoms. The molecule has 8 amide bonds. The van der Waals surface area contributed by atoms with E-state index in [0.717, 1.165) is 73.1 Å². The number of rotatable bonds is 65. The number of nitrogens with one attached hydrogen (secondary N) is 7. The van der Waals surface area contributed by atoms with Gasteiger partial charge >= 0.3 is 0 Å². The third-order valence-corrected chi connectivity index (χ3v) is 24.8. The van der Waals surface area contributed by atoms with Crippen molar-refractivity contribution >= 4 is 60.8 Å². The second-order valence-corrected chi connectivity index (χ2v) is 36.1. The molecule has 764 valence electrons. The van der Waals surface area contributed by atoms with Crippen molar-refractivity contribution in [3.8, 4) is 22.5 Å². The van der Waals surface area contributed by atoms with E-state index in [2.05, 4.69) is 76.1 Å². The van der Waals surface area contributed by atoms with Gasteiger partial charge in [-0.05, 0) is 75.8 Å². The number of phosphoric acid groups is 1. The van der Waals surface area contributed by atoms with Crippen LogP contribution in [-0.4, -0.2) is 369 Å². The number of carbonyl (C=O) groups excluding carboxylic acids is 8. The summed E-state index contributed by atoms with van der Waals surface area (Å²) in [6.45, 7) is 4.93. The lowest BCUT2D eigenvalue weighted by Gasteiger charge is -2.42. The Morgan fingerprint density at radius 3 is 1.36 bits per heavy atom. The van der Waals surface area contributed by atoms with E-state index in [4.69, 9.17) is 61.7 Å². The summed E-state index contributed by atoms with van der Waals surface area (Å²) >= 11 is 0. The van der Waals surface area contributed by atoms with Crippen LogP contribution in [-0.2, 0) is 117 Å². The summed E-state index contributed by atoms with van der Waals surface area (Å²) in [5, 5.41) is 121. The lowest BCUT2D eigenvalue weighted by Crippen LogP contribution is -2.64. The number of piperidine rings is 1. The highest BCUT2D eigenvalue weighted by Gasteiger charge is 2.49. The molecule has 0 bridgehead atoms. The number of hydrogen-bond acceptors (Lipinski definition) is 35. The van der Waals surface area contributed by atoms with E-state index in [-0.39, 0.29) is 161 Å². The van der Waals surface area contributed by atoms with Gasteiger partial charge in [0.15, 0.2) is 18.9 Å². The predicted molar refractivity (Wildman–Crippen MR) is 482 cm³/mol. The minimum atomic E-state index is -4.25. The predicted octanol–water partition coefficient (Wildman–Crippen LogP) is -0.728. The molecule has 3 aromatic rings. The number of phosphoric ester groups is 1. The van der Waals surface area contributed by atoms with Gasteiger partial charge in [-0.2, -0.15) is 0 Å². The number of aliphatic hydroxyl groups excluding tert-OH is 9. The number of nitrogens with zero attached hydrogens (tertiary/aromatic N) is 5. The number of aliphatic hydroxyl groups is 9. The molecule has 0 saturated carbocycles. The molecule has 4 fully saturated rings. The molecule has 16 unspecified atom stereocenters. The average molecular weight is 1940 g/mol. The van der Waals surface area contributed by atoms with Gasteiger partial charge in [-0.25, -0.2) is 4.68 Å². The molecule has 5 aliphatic heterocycles. The second kappa shape index (κ2) is 61.1. The minimum absolute atomic E-state index is 0.0806. The van der Waals surface area contributed by atoms with Gasteiger partial charge in [-0.1, -0.05) is 105 Å². The van der Waals surface area contributed by atoms with Crippen molar-refractivity contribution in [1.29, 1.82) is 0 Å². The van der Waals surface area contributed by atoms with Crippen LogP contribution in [0.3, 0.4) is 0 Å². The zero-order valence-electron chi connectivity index (χ0n) is 78.2. The van der Waals surface area contributed by atoms with E-state index in [1.54, 1.807) is 4.90 Å². The summed E-state index contributed by atoms with van der Waals surface area (Å²) in [6, 6.07) is 13.1. The maximum atomic E-state index is 14.8. The van der Waals surface area contributed by atoms with Gasteiger partial charge in [0.25, 0.3) is 7.82 Å². The Kier molecular flexibility index (Phi) is 51.0. The second-order valence-electron chi connectivity index (χ2n) is 34.5. The molecule has 4 saturated heterocycles. The average Bonchev–Trinajstić information content (AvgIpc) is 1.64. The van der Waals surface area contributed by atoms with Crippen molar-refractivity contribution in [1.82, 2.24) is 57.1 Å². The number of aromatic nitrogens is 3. The van der Waals surface area contributed by atoms with Crippen molar-refractivity contribution in [2.24, 2.45) is 5.92 Å². The largest absolute Gasteiger partial charge is 0.756 e. The molecule has 16 atom stereocenters. The molecule has 2 aromatic carbocycles. The van der Waals surface area contributed by atoms with Crippen LogP contribution in [0.2, 0.25) is 0 Å². The lowest BCUT2D eigenvalue weighted by molar-refractivity contribution is -0.270. The number of benzene rings is 2. The fraction of sp³-hybridized carbons (Fsp3) is 0.756. The minimum Gasteiger partial charge on any atom is -0.756 e. The van der Waals surface area contributed by atoms with Crippen molar-refractivity contribution in [3.05, 3.63) is 54.1 Å². The smallest absolute Gasteiger partial charge is 0.267 e. The van der Waals surface area contributed by atoms with Gasteiger partial charge in [0.1, 0.15) is 90.9 Å². The van der Waals surface area contributed by atoms with Gasteiger partial charge in [0.2, 0.25) is 47.3 Å². The third-order valence-electron chi connectivity index (χ3n) is 23.9. The van der Waals surface area contributed by atoms with Crippen LogP contribution in [0.4, 0.5) is 5.69 Å². The SMILES string of the molecule is COP(=O)([O-])OCCCCCCCN1Cc2ccccc2-c2c(nnn2CCOCCOCC(=O)N2CCC(C(=O)NC(COCCC(=O)NCCCCCCOC3OC(CO)C(O)C(O)C3NC(C)=O)(COCCC(=O)NCCCCCCOC3OC(CO)C(O)C(O)C3NC(C)=O)COCCC(=O)NCCCCCCOC3OC(CO)C(O)C(O)C3NC(C)=O)CC2)-c2ccccc21. The highest BCUT2D eigenvalue weighted by molar-refractivity contribution is 7.45. The van der Waals surface area contributed by atoms with E-state index < -0.39 is 155 Å². The first-order chi connectivity index (χ1) is 65.1. The Hall–Kier alpha value is -7.55. The molecule has 0 spiro atoms. The Labute approximate surface area is 788 Å². The summed E-state index contributed by atoms with van der Waals surface area (Å²) in [5.41, 5.74) is 4.20. The first-order valence-corrected chi connectivity index (χ1v) is 48.8. The summed E-state index contributed by atoms with van der Waals surface area (Å²) in [5.74, 6) is -3.72. The highest BCUT2D eigenvalue weighted by atomic mass is 31.2. The van der Waals surface area contributed by atoms with E-state index in [1.807, 2.05) is 28.9 Å². The molecule has 44 nitrogen and oxygen atoms in total. The maximum Gasteiger partial charge on any atom is 0.267 e. The number of anilines is 1. The van der Waals surface area contributed by atoms with Gasteiger partial charge < -0.3 is 159 Å². The molecular formula is C90H146N12O32P-. The van der Waals surface area contributed by atoms with Crippen LogP contribution in [0.1, 0.15) is 168 Å². The molecule has 1 aromatic heterocycles. The monoisotopic (exact) mass is 1940 g/mol. The molecule has 0 aliphatic carbocycles. The molecule has 8 rings (SSSR count). The molecule has 16 N–H and O–H groups in total. The molecule has 0 radical (unpaired) electrons. The van der Waals surface area contributed by atoms with Crippen LogP contribution < -0.4 is 47.0 Å². The van der Waals surface area contributed by atoms with Crippen LogP contribution in [0, 0.1) is 5.92 Å². The summed E-state index contributed by atoms with van der Waals surface area (Å²) in [7, 11) is -3.17. The van der Waals surface area contributed by atoms with Crippen LogP contribution in [0.5, 0.6) is 0 Å². The van der Waals surface area contributed by atoms with Crippen LogP contribution >= 0.6 is 7.82 Å². The zero-order valence-corrected chi connectivity index (χ0v) is 79.1. The van der Waals surface area contributed by atoms with Crippen molar-refractivity contribution < 1.29 is 155 Å². The standard InChI is InChI=1S/C90H147N12O32P/c1-60(106)94-76-83(116)80(113)68(53-103)132-87(76)128-42-22-11-6-18-35-91-71(109)32-46-125-57-90(58-126-47-33-72(110)92-36-19-7-12-23-43-129-88-77(95-61(2)107)84(117)81(114)69(54-104)133-88,59-127-48-34-73(111)93-37-20-8-13-24-44-130-89-78(96-62(3)108)85(118)82(115)70(55-105)134-89)97-86(119)63-30-39-100(40-31-63)74(112)56-124-51-50-123-49-41-102-79-65-27-15-14-26-64(65)52-101(67-29-17-16-28-66(67)75(79)98-99-102)38-21-9-5-10-25-45-131-135(120,121)122-4/h14-17,26-29,63,68-70,76-78,80-85,87-89,103-105,113-118H,5-13,18-25,30-59H2,1-4H3,(H,91,109)(H,92,110)(H,93,111)(H,94,106)(H,95,107)(H,96,108)(H,97,119)(H,120,121)/p-1. The Balaban J connectivity index is 0.836. The third kappa shape index (κ3) is 38.2. The van der Waals surface area contributed by atoms with E-state index in [1.165, 1.54) is 20.8 Å². The van der Waals surface area contributed by atoms with Gasteiger partial charge in [-0.3, -0.25) is 42.9 Å².